The van der Waals surface area contributed by atoms with Crippen LogP contribution in [-0.2, 0) is 5.88 Å². The van der Waals surface area contributed by atoms with Crippen molar-refractivity contribution in [3.8, 4) is 5.75 Å². The maximum absolute atomic E-state index is 5.60. The Kier molecular flexibility index (Phi) is 5.73. The predicted octanol–water partition coefficient (Wildman–Crippen LogP) is 2.28. The van der Waals surface area contributed by atoms with Gasteiger partial charge in [0.05, 0.1) is 7.11 Å². The van der Waals surface area contributed by atoms with Crippen molar-refractivity contribution in [3.05, 3.63) is 29.8 Å². The zero-order valence-electron chi connectivity index (χ0n) is 8.51. The molecule has 3 heteroatoms. The summed E-state index contributed by atoms with van der Waals surface area (Å²) in [6.07, 6.45) is 0. The number of alkyl halides is 1. The van der Waals surface area contributed by atoms with Crippen molar-refractivity contribution in [2.45, 2.75) is 5.88 Å². The average molecular weight is 183 g/mol. The van der Waals surface area contributed by atoms with Crippen LogP contribution in [0.4, 0.5) is 0 Å². The Labute approximate surface area is 90.8 Å². The number of hydrogen-bond donors (Lipinski definition) is 0. The Morgan fingerprint density at radius 3 is 2.82 bits per heavy atom. The SMILES string of the molecule is COc1cccc(CCl)c1.[H-].[H-].[Mg+2]. The van der Waals surface area contributed by atoms with E-state index in [1.165, 1.54) is 0 Å². The van der Waals surface area contributed by atoms with Crippen LogP contribution >= 0.6 is 11.6 Å². The molecule has 0 aliphatic rings. The molecular formula is C8H11ClMgO. The molecule has 0 heterocycles. The van der Waals surface area contributed by atoms with Crippen molar-refractivity contribution in [3.63, 3.8) is 0 Å². The summed E-state index contributed by atoms with van der Waals surface area (Å²) in [5.41, 5.74) is 1.08. The predicted molar refractivity (Wildman–Crippen MR) is 50.5 cm³/mol. The number of benzene rings is 1. The molecule has 1 rings (SSSR count). The Bertz CT molecular complexity index is 204. The topological polar surface area (TPSA) is 9.23 Å². The molecule has 0 aliphatic carbocycles. The fourth-order valence-electron chi connectivity index (χ4n) is 0.756. The van der Waals surface area contributed by atoms with Gasteiger partial charge in [-0.2, -0.15) is 0 Å². The first-order valence-corrected chi connectivity index (χ1v) is 3.59. The average Bonchev–Trinajstić information content (AvgIpc) is 2.05. The molecule has 0 aromatic heterocycles. The molecule has 0 spiro atoms. The zero-order valence-corrected chi connectivity index (χ0v) is 8.68. The van der Waals surface area contributed by atoms with Crippen molar-refractivity contribution in [1.29, 1.82) is 0 Å². The molecule has 58 valence electrons. The van der Waals surface area contributed by atoms with Crippen molar-refractivity contribution in [1.82, 2.24) is 0 Å². The Morgan fingerprint density at radius 1 is 1.55 bits per heavy atom. The molecule has 0 atom stereocenters. The minimum Gasteiger partial charge on any atom is -1.00 e. The van der Waals surface area contributed by atoms with E-state index in [4.69, 9.17) is 16.3 Å². The molecule has 0 radical (unpaired) electrons. The van der Waals surface area contributed by atoms with E-state index in [1.807, 2.05) is 24.3 Å². The minimum absolute atomic E-state index is 0. The van der Waals surface area contributed by atoms with Gasteiger partial charge in [0.15, 0.2) is 0 Å². The molecule has 1 nitrogen and oxygen atoms in total. The Morgan fingerprint density at radius 2 is 2.27 bits per heavy atom. The van der Waals surface area contributed by atoms with Gasteiger partial charge in [0, 0.05) is 5.88 Å². The summed E-state index contributed by atoms with van der Waals surface area (Å²) in [7, 11) is 1.65. The third kappa shape index (κ3) is 3.32. The molecule has 1 aromatic carbocycles. The largest absolute Gasteiger partial charge is 2.00 e. The number of methoxy groups -OCH3 is 1. The summed E-state index contributed by atoms with van der Waals surface area (Å²) in [6.45, 7) is 0. The summed E-state index contributed by atoms with van der Waals surface area (Å²) in [4.78, 5) is 0. The molecule has 11 heavy (non-hydrogen) atoms. The molecule has 0 amide bonds. The van der Waals surface area contributed by atoms with Crippen LogP contribution in [-0.4, -0.2) is 30.2 Å². The van der Waals surface area contributed by atoms with E-state index < -0.39 is 0 Å². The van der Waals surface area contributed by atoms with E-state index in [0.717, 1.165) is 11.3 Å². The van der Waals surface area contributed by atoms with Crippen molar-refractivity contribution < 1.29 is 7.59 Å². The second-order valence-corrected chi connectivity index (χ2v) is 2.25. The van der Waals surface area contributed by atoms with E-state index in [2.05, 4.69) is 0 Å². The van der Waals surface area contributed by atoms with Gasteiger partial charge in [0.2, 0.25) is 0 Å². The van der Waals surface area contributed by atoms with Crippen LogP contribution in [0.25, 0.3) is 0 Å². The summed E-state index contributed by atoms with van der Waals surface area (Å²) in [5.74, 6) is 1.40. The van der Waals surface area contributed by atoms with E-state index in [-0.39, 0.29) is 25.9 Å². The fraction of sp³-hybridized carbons (Fsp3) is 0.250. The van der Waals surface area contributed by atoms with Gasteiger partial charge in [-0.1, -0.05) is 12.1 Å². The van der Waals surface area contributed by atoms with E-state index in [1.54, 1.807) is 7.11 Å². The minimum atomic E-state index is 0. The van der Waals surface area contributed by atoms with Gasteiger partial charge in [-0.25, -0.2) is 0 Å². The normalized spacial score (nSPS) is 8.55. The Balaban J connectivity index is -0.000000333. The molecule has 0 fully saturated rings. The number of hydrogen-bond acceptors (Lipinski definition) is 1. The number of rotatable bonds is 2. The van der Waals surface area contributed by atoms with Gasteiger partial charge in [-0.05, 0) is 17.7 Å². The van der Waals surface area contributed by atoms with E-state index in [0.29, 0.717) is 5.88 Å². The smallest absolute Gasteiger partial charge is 1.00 e. The fourth-order valence-corrected chi connectivity index (χ4v) is 0.922. The van der Waals surface area contributed by atoms with Gasteiger partial charge in [-0.15, -0.1) is 11.6 Å². The number of halogens is 1. The summed E-state index contributed by atoms with van der Waals surface area (Å²) in [5, 5.41) is 0. The Hall–Kier alpha value is 0.0762. The van der Waals surface area contributed by atoms with E-state index >= 15 is 0 Å². The summed E-state index contributed by atoms with van der Waals surface area (Å²) in [6, 6.07) is 7.72. The van der Waals surface area contributed by atoms with Crippen molar-refractivity contribution >= 4 is 34.7 Å². The van der Waals surface area contributed by atoms with Crippen LogP contribution in [0, 0.1) is 0 Å². The standard InChI is InChI=1S/C8H9ClO.Mg.2H/c1-10-8-4-2-3-7(5-8)6-9;;;/h2-5H,6H2,1H3;;;/q;+2;2*-1. The molecule has 1 aromatic rings. The van der Waals surface area contributed by atoms with Gasteiger partial charge in [0.1, 0.15) is 5.75 Å². The number of ether oxygens (including phenoxy) is 1. The summed E-state index contributed by atoms with van der Waals surface area (Å²) < 4.78 is 5.00. The second-order valence-electron chi connectivity index (χ2n) is 1.99. The quantitative estimate of drug-likeness (QED) is 0.504. The van der Waals surface area contributed by atoms with Crippen molar-refractivity contribution in [2.24, 2.45) is 0 Å². The molecular weight excluding hydrogens is 172 g/mol. The monoisotopic (exact) mass is 182 g/mol. The third-order valence-electron chi connectivity index (χ3n) is 1.29. The maximum atomic E-state index is 5.60. The van der Waals surface area contributed by atoms with Gasteiger partial charge in [0.25, 0.3) is 0 Å². The molecule has 0 saturated heterocycles. The molecule has 0 bridgehead atoms. The molecule has 0 aliphatic heterocycles. The van der Waals surface area contributed by atoms with Crippen LogP contribution in [0.1, 0.15) is 8.42 Å². The summed E-state index contributed by atoms with van der Waals surface area (Å²) >= 11 is 5.60. The van der Waals surface area contributed by atoms with Crippen LogP contribution in [0.2, 0.25) is 0 Å². The van der Waals surface area contributed by atoms with Crippen molar-refractivity contribution in [2.75, 3.05) is 7.11 Å². The first-order valence-electron chi connectivity index (χ1n) is 3.05. The molecule has 0 saturated carbocycles. The van der Waals surface area contributed by atoms with Crippen LogP contribution in [0.5, 0.6) is 5.75 Å². The van der Waals surface area contributed by atoms with Crippen LogP contribution < -0.4 is 4.74 Å². The molecule has 0 unspecified atom stereocenters. The maximum Gasteiger partial charge on any atom is 2.00 e. The second kappa shape index (κ2) is 5.69. The zero-order chi connectivity index (χ0) is 7.40. The van der Waals surface area contributed by atoms with Crippen LogP contribution in [0.15, 0.2) is 24.3 Å². The van der Waals surface area contributed by atoms with Crippen LogP contribution in [0.3, 0.4) is 0 Å². The van der Waals surface area contributed by atoms with Gasteiger partial charge in [-0.3, -0.25) is 0 Å². The third-order valence-corrected chi connectivity index (χ3v) is 1.60. The first kappa shape index (κ1) is 11.1. The van der Waals surface area contributed by atoms with E-state index in [9.17, 15) is 0 Å². The molecule has 0 N–H and O–H groups in total. The first-order chi connectivity index (χ1) is 4.86. The van der Waals surface area contributed by atoms with Gasteiger partial charge < -0.3 is 7.59 Å². The van der Waals surface area contributed by atoms with Gasteiger partial charge >= 0.3 is 23.1 Å².